The highest BCUT2D eigenvalue weighted by molar-refractivity contribution is 7.89. The van der Waals surface area contributed by atoms with E-state index in [0.29, 0.717) is 25.1 Å². The Morgan fingerprint density at radius 1 is 1.06 bits per heavy atom. The summed E-state index contributed by atoms with van der Waals surface area (Å²) >= 11 is 0. The lowest BCUT2D eigenvalue weighted by Crippen LogP contribution is -2.47. The van der Waals surface area contributed by atoms with Crippen molar-refractivity contribution in [2.24, 2.45) is 5.92 Å². The summed E-state index contributed by atoms with van der Waals surface area (Å²) in [5.74, 6) is -0.651. The monoisotopic (exact) mass is 457 g/mol. The number of rotatable bonds is 8. The summed E-state index contributed by atoms with van der Waals surface area (Å²) < 4.78 is 28.7. The van der Waals surface area contributed by atoms with Gasteiger partial charge in [-0.2, -0.15) is 4.72 Å². The van der Waals surface area contributed by atoms with Gasteiger partial charge >= 0.3 is 0 Å². The average Bonchev–Trinajstić information content (AvgIpc) is 3.20. The SMILES string of the molecule is CCC(=O)N1CCc2cc(S(=O)(=O)NC(C(=O)Nc3ccc(CC)cc3)C(C)C)ccc21. The Labute approximate surface area is 190 Å². The van der Waals surface area contributed by atoms with E-state index in [1.54, 1.807) is 37.8 Å². The van der Waals surface area contributed by atoms with Crippen molar-refractivity contribution < 1.29 is 18.0 Å². The predicted molar refractivity (Wildman–Crippen MR) is 126 cm³/mol. The molecule has 1 atom stereocenters. The fourth-order valence-electron chi connectivity index (χ4n) is 3.77. The molecule has 0 saturated heterocycles. The summed E-state index contributed by atoms with van der Waals surface area (Å²) in [6.45, 7) is 7.99. The maximum atomic E-state index is 13.1. The van der Waals surface area contributed by atoms with Crippen LogP contribution < -0.4 is 14.9 Å². The number of anilines is 2. The summed E-state index contributed by atoms with van der Waals surface area (Å²) in [5.41, 5.74) is 3.34. The van der Waals surface area contributed by atoms with Gasteiger partial charge in [0.2, 0.25) is 21.8 Å². The van der Waals surface area contributed by atoms with Gasteiger partial charge in [0.25, 0.3) is 0 Å². The fraction of sp³-hybridized carbons (Fsp3) is 0.417. The maximum absolute atomic E-state index is 13.1. The molecule has 0 aliphatic carbocycles. The first-order chi connectivity index (χ1) is 15.2. The fourth-order valence-corrected chi connectivity index (χ4v) is 5.16. The Morgan fingerprint density at radius 3 is 2.34 bits per heavy atom. The predicted octanol–water partition coefficient (Wildman–Crippen LogP) is 3.49. The maximum Gasteiger partial charge on any atom is 0.242 e. The van der Waals surface area contributed by atoms with Crippen LogP contribution in [0.25, 0.3) is 0 Å². The Hall–Kier alpha value is -2.71. The van der Waals surface area contributed by atoms with Gasteiger partial charge in [0.05, 0.1) is 4.90 Å². The Bertz CT molecular complexity index is 1090. The van der Waals surface area contributed by atoms with E-state index in [-0.39, 0.29) is 16.7 Å². The van der Waals surface area contributed by atoms with Crippen molar-refractivity contribution in [2.45, 2.75) is 57.9 Å². The summed E-state index contributed by atoms with van der Waals surface area (Å²) in [4.78, 5) is 26.7. The molecule has 8 heteroatoms. The van der Waals surface area contributed by atoms with Crippen molar-refractivity contribution in [2.75, 3.05) is 16.8 Å². The van der Waals surface area contributed by atoms with Gasteiger partial charge in [0.1, 0.15) is 6.04 Å². The molecule has 32 heavy (non-hydrogen) atoms. The quantitative estimate of drug-likeness (QED) is 0.634. The van der Waals surface area contributed by atoms with Gasteiger partial charge < -0.3 is 10.2 Å². The Morgan fingerprint density at radius 2 is 1.75 bits per heavy atom. The average molecular weight is 458 g/mol. The smallest absolute Gasteiger partial charge is 0.242 e. The number of aryl methyl sites for hydroxylation is 1. The number of fused-ring (bicyclic) bond motifs is 1. The number of sulfonamides is 1. The lowest BCUT2D eigenvalue weighted by atomic mass is 10.0. The Balaban J connectivity index is 1.78. The minimum atomic E-state index is -3.93. The van der Waals surface area contributed by atoms with Crippen LogP contribution in [0.4, 0.5) is 11.4 Å². The van der Waals surface area contributed by atoms with Crippen molar-refractivity contribution in [1.29, 1.82) is 0 Å². The molecule has 2 amide bonds. The van der Waals surface area contributed by atoms with Crippen molar-refractivity contribution in [3.63, 3.8) is 0 Å². The van der Waals surface area contributed by atoms with Crippen LogP contribution in [0.3, 0.4) is 0 Å². The van der Waals surface area contributed by atoms with Crippen LogP contribution in [-0.2, 0) is 32.5 Å². The van der Waals surface area contributed by atoms with E-state index in [1.165, 1.54) is 6.07 Å². The van der Waals surface area contributed by atoms with E-state index in [4.69, 9.17) is 0 Å². The standard InChI is InChI=1S/C24H31N3O4S/c1-5-17-7-9-19(10-8-17)25-24(29)23(16(3)4)26-32(30,31)20-11-12-21-18(15-20)13-14-27(21)22(28)6-2/h7-12,15-16,23,26H,5-6,13-14H2,1-4H3,(H,25,29). The van der Waals surface area contributed by atoms with E-state index >= 15 is 0 Å². The van der Waals surface area contributed by atoms with Crippen LogP contribution in [0.1, 0.15) is 45.2 Å². The highest BCUT2D eigenvalue weighted by Gasteiger charge is 2.30. The second kappa shape index (κ2) is 9.83. The molecule has 7 nitrogen and oxygen atoms in total. The van der Waals surface area contributed by atoms with Crippen molar-refractivity contribution in [3.8, 4) is 0 Å². The van der Waals surface area contributed by atoms with Gasteiger partial charge in [-0.05, 0) is 60.2 Å². The molecule has 2 N–H and O–H groups in total. The van der Waals surface area contributed by atoms with Gasteiger partial charge in [-0.15, -0.1) is 0 Å². The van der Waals surface area contributed by atoms with Crippen molar-refractivity contribution in [3.05, 3.63) is 53.6 Å². The second-order valence-electron chi connectivity index (χ2n) is 8.32. The van der Waals surface area contributed by atoms with E-state index in [9.17, 15) is 18.0 Å². The first kappa shape index (κ1) is 23.9. The summed E-state index contributed by atoms with van der Waals surface area (Å²) in [7, 11) is -3.93. The van der Waals surface area contributed by atoms with E-state index < -0.39 is 22.0 Å². The van der Waals surface area contributed by atoms with Crippen molar-refractivity contribution in [1.82, 2.24) is 4.72 Å². The zero-order chi connectivity index (χ0) is 23.5. The molecule has 0 radical (unpaired) electrons. The Kier molecular flexibility index (Phi) is 7.36. The molecular weight excluding hydrogens is 426 g/mol. The lowest BCUT2D eigenvalue weighted by molar-refractivity contribution is -0.119. The number of nitrogens with one attached hydrogen (secondary N) is 2. The second-order valence-corrected chi connectivity index (χ2v) is 10.0. The van der Waals surface area contributed by atoms with Gasteiger partial charge in [-0.3, -0.25) is 9.59 Å². The molecule has 0 spiro atoms. The zero-order valence-electron chi connectivity index (χ0n) is 19.0. The number of carbonyl (C=O) groups excluding carboxylic acids is 2. The number of nitrogens with zero attached hydrogens (tertiary/aromatic N) is 1. The van der Waals surface area contributed by atoms with Crippen LogP contribution in [0.5, 0.6) is 0 Å². The normalized spacial score (nSPS) is 14.3. The number of hydrogen-bond donors (Lipinski definition) is 2. The molecule has 172 valence electrons. The van der Waals surface area contributed by atoms with E-state index in [2.05, 4.69) is 17.0 Å². The molecule has 2 aromatic carbocycles. The van der Waals surface area contributed by atoms with Crippen LogP contribution >= 0.6 is 0 Å². The molecule has 1 unspecified atom stereocenters. The lowest BCUT2D eigenvalue weighted by Gasteiger charge is -2.22. The molecular formula is C24H31N3O4S. The largest absolute Gasteiger partial charge is 0.325 e. The number of amides is 2. The van der Waals surface area contributed by atoms with Crippen LogP contribution in [0, 0.1) is 5.92 Å². The molecule has 0 fully saturated rings. The zero-order valence-corrected chi connectivity index (χ0v) is 19.8. The highest BCUT2D eigenvalue weighted by Crippen LogP contribution is 2.31. The van der Waals surface area contributed by atoms with Crippen LogP contribution in [0.15, 0.2) is 47.4 Å². The number of hydrogen-bond acceptors (Lipinski definition) is 4. The molecule has 1 aliphatic rings. The first-order valence-electron chi connectivity index (χ1n) is 11.0. The summed E-state index contributed by atoms with van der Waals surface area (Å²) in [6.07, 6.45) is 1.90. The summed E-state index contributed by atoms with van der Waals surface area (Å²) in [5, 5.41) is 2.81. The summed E-state index contributed by atoms with van der Waals surface area (Å²) in [6, 6.07) is 11.3. The van der Waals surface area contributed by atoms with Gasteiger partial charge in [-0.1, -0.05) is 39.8 Å². The molecule has 0 aromatic heterocycles. The van der Waals surface area contributed by atoms with Crippen molar-refractivity contribution >= 4 is 33.2 Å². The molecule has 1 aliphatic heterocycles. The van der Waals surface area contributed by atoms with E-state index in [1.807, 2.05) is 24.3 Å². The topological polar surface area (TPSA) is 95.6 Å². The minimum absolute atomic E-state index is 0.0148. The van der Waals surface area contributed by atoms with Gasteiger partial charge in [-0.25, -0.2) is 8.42 Å². The third kappa shape index (κ3) is 5.19. The van der Waals surface area contributed by atoms with Gasteiger partial charge in [0, 0.05) is 24.3 Å². The van der Waals surface area contributed by atoms with Crippen LogP contribution in [-0.4, -0.2) is 32.8 Å². The molecule has 0 saturated carbocycles. The highest BCUT2D eigenvalue weighted by atomic mass is 32.2. The molecule has 2 aromatic rings. The first-order valence-corrected chi connectivity index (χ1v) is 12.5. The number of benzene rings is 2. The van der Waals surface area contributed by atoms with E-state index in [0.717, 1.165) is 23.2 Å². The van der Waals surface area contributed by atoms with Gasteiger partial charge in [0.15, 0.2) is 0 Å². The minimum Gasteiger partial charge on any atom is -0.325 e. The van der Waals surface area contributed by atoms with Crippen LogP contribution in [0.2, 0.25) is 0 Å². The molecule has 0 bridgehead atoms. The number of carbonyl (C=O) groups is 2. The third-order valence-electron chi connectivity index (χ3n) is 5.72. The molecule has 1 heterocycles. The molecule has 3 rings (SSSR count). The third-order valence-corrected chi connectivity index (χ3v) is 7.16.